The van der Waals surface area contributed by atoms with E-state index in [9.17, 15) is 19.2 Å². The third-order valence-electron chi connectivity index (χ3n) is 4.76. The Morgan fingerprint density at radius 1 is 1.24 bits per heavy atom. The summed E-state index contributed by atoms with van der Waals surface area (Å²) in [6.45, 7) is 4.75. The van der Waals surface area contributed by atoms with Crippen molar-refractivity contribution < 1.29 is 23.9 Å². The van der Waals surface area contributed by atoms with Gasteiger partial charge in [-0.1, -0.05) is 19.3 Å². The lowest BCUT2D eigenvalue weighted by atomic mass is 9.94. The molecule has 0 spiro atoms. The topological polar surface area (TPSA) is 96.0 Å². The van der Waals surface area contributed by atoms with Crippen molar-refractivity contribution in [3.05, 3.63) is 0 Å². The second-order valence-electron chi connectivity index (χ2n) is 7.08. The summed E-state index contributed by atoms with van der Waals surface area (Å²) in [4.78, 5) is 50.6. The molecule has 0 aromatic rings. The van der Waals surface area contributed by atoms with Crippen LogP contribution in [0.2, 0.25) is 0 Å². The number of likely N-dealkylation sites (N-methyl/N-ethyl adjacent to an activating group) is 1. The molecule has 1 heterocycles. The van der Waals surface area contributed by atoms with Crippen LogP contribution in [0.5, 0.6) is 0 Å². The van der Waals surface area contributed by atoms with Crippen molar-refractivity contribution in [2.75, 3.05) is 19.7 Å². The van der Waals surface area contributed by atoms with Gasteiger partial charge in [0.2, 0.25) is 0 Å². The van der Waals surface area contributed by atoms with Gasteiger partial charge in [0.05, 0.1) is 0 Å². The van der Waals surface area contributed by atoms with Crippen molar-refractivity contribution in [1.29, 1.82) is 0 Å². The highest BCUT2D eigenvalue weighted by atomic mass is 16.5. The number of esters is 1. The molecule has 2 rings (SSSR count). The van der Waals surface area contributed by atoms with Gasteiger partial charge >= 0.3 is 12.0 Å². The lowest BCUT2D eigenvalue weighted by molar-refractivity contribution is -0.154. The maximum absolute atomic E-state index is 12.3. The van der Waals surface area contributed by atoms with Crippen LogP contribution in [0.15, 0.2) is 0 Å². The largest absolute Gasteiger partial charge is 0.454 e. The van der Waals surface area contributed by atoms with Crippen LogP contribution >= 0.6 is 0 Å². The minimum Gasteiger partial charge on any atom is -0.454 e. The summed E-state index contributed by atoms with van der Waals surface area (Å²) < 4.78 is 5.00. The summed E-state index contributed by atoms with van der Waals surface area (Å²) in [6.07, 6.45) is 5.36. The zero-order valence-corrected chi connectivity index (χ0v) is 15.2. The molecule has 1 saturated carbocycles. The first kappa shape index (κ1) is 19.2. The van der Waals surface area contributed by atoms with Gasteiger partial charge in [-0.25, -0.2) is 4.79 Å². The van der Waals surface area contributed by atoms with Crippen LogP contribution in [0.1, 0.15) is 52.9 Å². The molecule has 1 saturated heterocycles. The number of rotatable bonds is 6. The monoisotopic (exact) mass is 353 g/mol. The Morgan fingerprint density at radius 2 is 1.88 bits per heavy atom. The Morgan fingerprint density at radius 3 is 2.40 bits per heavy atom. The number of imide groups is 1. The molecule has 4 amide bonds. The molecule has 1 aliphatic carbocycles. The lowest BCUT2D eigenvalue weighted by Gasteiger charge is -2.33. The van der Waals surface area contributed by atoms with Crippen LogP contribution in [0.3, 0.4) is 0 Å². The molecule has 8 heteroatoms. The number of ether oxygens (including phenoxy) is 1. The molecule has 0 aromatic carbocycles. The van der Waals surface area contributed by atoms with Gasteiger partial charge in [0.15, 0.2) is 6.61 Å². The quantitative estimate of drug-likeness (QED) is 0.568. The molecule has 8 nitrogen and oxygen atoms in total. The number of hydrogen-bond acceptors (Lipinski definition) is 5. The number of carbonyl (C=O) groups excluding carboxylic acids is 4. The fraction of sp³-hybridized carbons (Fsp3) is 0.765. The molecular formula is C17H27N3O5. The van der Waals surface area contributed by atoms with Crippen LogP contribution in [-0.4, -0.2) is 64.9 Å². The normalized spacial score (nSPS) is 20.4. The number of urea groups is 1. The SMILES string of the molecule is CCN(C(=O)COC(=O)CN1C(=O)NC(C)(C)C1=O)C1CCCCC1. The van der Waals surface area contributed by atoms with Crippen LogP contribution < -0.4 is 5.32 Å². The van der Waals surface area contributed by atoms with Gasteiger partial charge < -0.3 is 15.0 Å². The molecule has 25 heavy (non-hydrogen) atoms. The molecule has 0 unspecified atom stereocenters. The smallest absolute Gasteiger partial charge is 0.326 e. The fourth-order valence-electron chi connectivity index (χ4n) is 3.39. The minimum atomic E-state index is -1.03. The van der Waals surface area contributed by atoms with E-state index >= 15 is 0 Å². The average molecular weight is 353 g/mol. The summed E-state index contributed by atoms with van der Waals surface area (Å²) in [5, 5.41) is 2.49. The van der Waals surface area contributed by atoms with Crippen molar-refractivity contribution >= 4 is 23.8 Å². The lowest BCUT2D eigenvalue weighted by Crippen LogP contribution is -2.44. The first-order valence-corrected chi connectivity index (χ1v) is 8.85. The minimum absolute atomic E-state index is 0.205. The molecule has 1 N–H and O–H groups in total. The van der Waals surface area contributed by atoms with E-state index in [2.05, 4.69) is 5.32 Å². The highest BCUT2D eigenvalue weighted by molar-refractivity contribution is 6.08. The number of hydrogen-bond donors (Lipinski definition) is 1. The number of nitrogens with zero attached hydrogens (tertiary/aromatic N) is 2. The highest BCUT2D eigenvalue weighted by Crippen LogP contribution is 2.22. The molecule has 0 atom stereocenters. The maximum Gasteiger partial charge on any atom is 0.326 e. The third-order valence-corrected chi connectivity index (χ3v) is 4.76. The predicted octanol–water partition coefficient (Wildman–Crippen LogP) is 1.04. The molecule has 0 bridgehead atoms. The zero-order valence-electron chi connectivity index (χ0n) is 15.2. The third kappa shape index (κ3) is 4.49. The van der Waals surface area contributed by atoms with E-state index in [0.717, 1.165) is 30.6 Å². The molecule has 2 fully saturated rings. The van der Waals surface area contributed by atoms with Gasteiger partial charge in [-0.2, -0.15) is 0 Å². The summed E-state index contributed by atoms with van der Waals surface area (Å²) >= 11 is 0. The standard InChI is InChI=1S/C17H27N3O5/c1-4-19(12-8-6-5-7-9-12)13(21)11-25-14(22)10-20-15(23)17(2,3)18-16(20)24/h12H,4-11H2,1-3H3,(H,18,24). The van der Waals surface area contributed by atoms with E-state index in [1.54, 1.807) is 18.7 Å². The van der Waals surface area contributed by atoms with Gasteiger partial charge in [0, 0.05) is 12.6 Å². The van der Waals surface area contributed by atoms with Gasteiger partial charge in [-0.15, -0.1) is 0 Å². The predicted molar refractivity (Wildman–Crippen MR) is 89.5 cm³/mol. The average Bonchev–Trinajstić information content (AvgIpc) is 2.76. The van der Waals surface area contributed by atoms with Gasteiger partial charge in [-0.05, 0) is 33.6 Å². The van der Waals surface area contributed by atoms with Crippen molar-refractivity contribution in [2.24, 2.45) is 0 Å². The van der Waals surface area contributed by atoms with E-state index in [-0.39, 0.29) is 18.6 Å². The highest BCUT2D eigenvalue weighted by Gasteiger charge is 2.45. The number of nitrogens with one attached hydrogen (secondary N) is 1. The summed E-state index contributed by atoms with van der Waals surface area (Å²) in [6, 6.07) is -0.424. The Kier molecular flexibility index (Phi) is 6.02. The first-order chi connectivity index (χ1) is 11.8. The Hall–Kier alpha value is -2.12. The first-order valence-electron chi connectivity index (χ1n) is 8.85. The van der Waals surface area contributed by atoms with Crippen LogP contribution in [-0.2, 0) is 19.1 Å². The molecular weight excluding hydrogens is 326 g/mol. The Labute approximate surface area is 147 Å². The van der Waals surface area contributed by atoms with Gasteiger partial charge in [0.25, 0.3) is 11.8 Å². The van der Waals surface area contributed by atoms with E-state index < -0.39 is 30.0 Å². The van der Waals surface area contributed by atoms with E-state index in [0.29, 0.717) is 6.54 Å². The van der Waals surface area contributed by atoms with Crippen LogP contribution in [0, 0.1) is 0 Å². The fourth-order valence-corrected chi connectivity index (χ4v) is 3.39. The van der Waals surface area contributed by atoms with Crippen molar-refractivity contribution in [3.63, 3.8) is 0 Å². The van der Waals surface area contributed by atoms with Crippen molar-refractivity contribution in [2.45, 2.75) is 64.5 Å². The second-order valence-corrected chi connectivity index (χ2v) is 7.08. The maximum atomic E-state index is 12.3. The summed E-state index contributed by atoms with van der Waals surface area (Å²) in [5.74, 6) is -1.49. The molecule has 0 radical (unpaired) electrons. The second kappa shape index (κ2) is 7.84. The van der Waals surface area contributed by atoms with Gasteiger partial charge in [-0.3, -0.25) is 19.3 Å². The molecule has 1 aliphatic heterocycles. The summed E-state index contributed by atoms with van der Waals surface area (Å²) in [5.41, 5.74) is -1.03. The Bertz CT molecular complexity index is 554. The Balaban J connectivity index is 1.83. The molecule has 2 aliphatic rings. The van der Waals surface area contributed by atoms with Crippen LogP contribution in [0.4, 0.5) is 4.79 Å². The molecule has 0 aromatic heterocycles. The van der Waals surface area contributed by atoms with E-state index in [1.807, 2.05) is 6.92 Å². The number of carbonyl (C=O) groups is 4. The zero-order chi connectivity index (χ0) is 18.6. The van der Waals surface area contributed by atoms with Crippen molar-refractivity contribution in [3.8, 4) is 0 Å². The summed E-state index contributed by atoms with van der Waals surface area (Å²) in [7, 11) is 0. The van der Waals surface area contributed by atoms with Crippen LogP contribution in [0.25, 0.3) is 0 Å². The van der Waals surface area contributed by atoms with Gasteiger partial charge in [0.1, 0.15) is 12.1 Å². The van der Waals surface area contributed by atoms with E-state index in [1.165, 1.54) is 6.42 Å². The number of amides is 4. The molecule has 140 valence electrons. The van der Waals surface area contributed by atoms with E-state index in [4.69, 9.17) is 4.74 Å². The van der Waals surface area contributed by atoms with Crippen molar-refractivity contribution in [1.82, 2.24) is 15.1 Å².